The van der Waals surface area contributed by atoms with Crippen LogP contribution in [0.2, 0.25) is 0 Å². The van der Waals surface area contributed by atoms with Gasteiger partial charge in [0.15, 0.2) is 6.29 Å². The number of aldehydes is 1. The number of ether oxygens (including phenoxy) is 1. The van der Waals surface area contributed by atoms with Crippen molar-refractivity contribution in [1.29, 1.82) is 0 Å². The Hall–Kier alpha value is -1.51. The van der Waals surface area contributed by atoms with Crippen molar-refractivity contribution < 1.29 is 14.6 Å². The lowest BCUT2D eigenvalue weighted by Gasteiger charge is -2.08. The fraction of sp³-hybridized carbons (Fsp3) is 0.364. The Bertz CT molecular complexity index is 332. The molecule has 0 unspecified atom stereocenters. The van der Waals surface area contributed by atoms with Gasteiger partial charge in [0.25, 0.3) is 0 Å². The maximum Gasteiger partial charge on any atom is 0.154 e. The van der Waals surface area contributed by atoms with Gasteiger partial charge in [0.2, 0.25) is 0 Å². The van der Waals surface area contributed by atoms with E-state index in [1.54, 1.807) is 6.07 Å². The van der Waals surface area contributed by atoms with Crippen LogP contribution < -0.4 is 4.74 Å². The first-order valence-corrected chi connectivity index (χ1v) is 4.58. The van der Waals surface area contributed by atoms with E-state index in [4.69, 9.17) is 4.74 Å². The van der Waals surface area contributed by atoms with Gasteiger partial charge in [0.05, 0.1) is 12.7 Å². The van der Waals surface area contributed by atoms with Crippen molar-refractivity contribution >= 4 is 6.29 Å². The maximum absolute atomic E-state index is 10.7. The highest BCUT2D eigenvalue weighted by atomic mass is 16.5. The third-order valence-electron chi connectivity index (χ3n) is 2.09. The second kappa shape index (κ2) is 4.65. The van der Waals surface area contributed by atoms with E-state index in [-0.39, 0.29) is 5.75 Å². The van der Waals surface area contributed by atoms with E-state index in [1.807, 2.05) is 6.92 Å². The fourth-order valence-corrected chi connectivity index (χ4v) is 1.40. The number of rotatable bonds is 4. The lowest BCUT2D eigenvalue weighted by Crippen LogP contribution is -1.95. The molecular weight excluding hydrogens is 180 g/mol. The molecule has 0 bridgehead atoms. The highest BCUT2D eigenvalue weighted by Gasteiger charge is 2.09. The van der Waals surface area contributed by atoms with Gasteiger partial charge in [-0.15, -0.1) is 0 Å². The molecule has 3 heteroatoms. The van der Waals surface area contributed by atoms with Crippen LogP contribution in [0.15, 0.2) is 12.1 Å². The van der Waals surface area contributed by atoms with E-state index >= 15 is 0 Å². The Morgan fingerprint density at radius 1 is 1.50 bits per heavy atom. The minimum atomic E-state index is -0.0113. The molecule has 0 saturated heterocycles. The van der Waals surface area contributed by atoms with Crippen molar-refractivity contribution in [3.8, 4) is 11.5 Å². The first-order chi connectivity index (χ1) is 6.72. The van der Waals surface area contributed by atoms with Gasteiger partial charge in [-0.1, -0.05) is 13.3 Å². The quantitative estimate of drug-likeness (QED) is 0.747. The molecule has 0 aliphatic rings. The topological polar surface area (TPSA) is 46.5 Å². The Balaban J connectivity index is 3.20. The summed E-state index contributed by atoms with van der Waals surface area (Å²) in [6.45, 7) is 2.02. The smallest absolute Gasteiger partial charge is 0.154 e. The largest absolute Gasteiger partial charge is 0.507 e. The van der Waals surface area contributed by atoms with Crippen molar-refractivity contribution in [2.75, 3.05) is 7.11 Å². The highest BCUT2D eigenvalue weighted by molar-refractivity contribution is 5.82. The Morgan fingerprint density at radius 3 is 2.71 bits per heavy atom. The van der Waals surface area contributed by atoms with Crippen molar-refractivity contribution in [1.82, 2.24) is 0 Å². The summed E-state index contributed by atoms with van der Waals surface area (Å²) >= 11 is 0. The average Bonchev–Trinajstić information content (AvgIpc) is 2.18. The number of benzene rings is 1. The molecule has 3 nitrogen and oxygen atoms in total. The minimum absolute atomic E-state index is 0.0113. The number of aromatic hydroxyl groups is 1. The fourth-order valence-electron chi connectivity index (χ4n) is 1.40. The molecular formula is C11H14O3. The summed E-state index contributed by atoms with van der Waals surface area (Å²) in [5.74, 6) is 0.569. The van der Waals surface area contributed by atoms with Gasteiger partial charge in [-0.05, 0) is 18.1 Å². The molecule has 1 aromatic carbocycles. The van der Waals surface area contributed by atoms with Crippen LogP contribution in [0.1, 0.15) is 29.3 Å². The molecule has 1 rings (SSSR count). The highest BCUT2D eigenvalue weighted by Crippen LogP contribution is 2.27. The van der Waals surface area contributed by atoms with E-state index in [2.05, 4.69) is 0 Å². The zero-order valence-corrected chi connectivity index (χ0v) is 8.41. The molecule has 0 radical (unpaired) electrons. The van der Waals surface area contributed by atoms with Crippen LogP contribution in [0.25, 0.3) is 0 Å². The van der Waals surface area contributed by atoms with Crippen molar-refractivity contribution in [2.24, 2.45) is 0 Å². The minimum Gasteiger partial charge on any atom is -0.507 e. The first kappa shape index (κ1) is 10.6. The number of phenolic OH excluding ortho intramolecular Hbond substituents is 1. The van der Waals surface area contributed by atoms with Crippen LogP contribution in [-0.2, 0) is 6.42 Å². The summed E-state index contributed by atoms with van der Waals surface area (Å²) in [4.78, 5) is 10.7. The number of carbonyl (C=O) groups is 1. The standard InChI is InChI=1S/C11H14O3/c1-3-4-8-5-9(14-2)6-11(13)10(8)7-12/h5-7,13H,3-4H2,1-2H3. The van der Waals surface area contributed by atoms with Gasteiger partial charge in [-0.3, -0.25) is 4.79 Å². The van der Waals surface area contributed by atoms with Crippen LogP contribution in [0.4, 0.5) is 0 Å². The van der Waals surface area contributed by atoms with Crippen LogP contribution in [0.3, 0.4) is 0 Å². The van der Waals surface area contributed by atoms with E-state index < -0.39 is 0 Å². The number of aryl methyl sites for hydroxylation is 1. The SMILES string of the molecule is CCCc1cc(OC)cc(O)c1C=O. The molecule has 0 heterocycles. The second-order valence-electron chi connectivity index (χ2n) is 3.09. The van der Waals surface area contributed by atoms with Gasteiger partial charge in [-0.2, -0.15) is 0 Å². The van der Waals surface area contributed by atoms with Gasteiger partial charge in [-0.25, -0.2) is 0 Å². The molecule has 76 valence electrons. The zero-order valence-electron chi connectivity index (χ0n) is 8.41. The van der Waals surface area contributed by atoms with Crippen molar-refractivity contribution in [2.45, 2.75) is 19.8 Å². The Morgan fingerprint density at radius 2 is 2.21 bits per heavy atom. The Kier molecular flexibility index (Phi) is 3.51. The summed E-state index contributed by atoms with van der Waals surface area (Å²) < 4.78 is 5.01. The van der Waals surface area contributed by atoms with Gasteiger partial charge in [0, 0.05) is 6.07 Å². The number of hydrogen-bond acceptors (Lipinski definition) is 3. The average molecular weight is 194 g/mol. The van der Waals surface area contributed by atoms with Gasteiger partial charge in [0.1, 0.15) is 11.5 Å². The summed E-state index contributed by atoms with van der Waals surface area (Å²) in [5.41, 5.74) is 1.20. The molecule has 0 spiro atoms. The molecule has 0 aliphatic carbocycles. The van der Waals surface area contributed by atoms with Crippen LogP contribution >= 0.6 is 0 Å². The lowest BCUT2D eigenvalue weighted by atomic mass is 10.0. The second-order valence-corrected chi connectivity index (χ2v) is 3.09. The van der Waals surface area contributed by atoms with Crippen LogP contribution in [0.5, 0.6) is 11.5 Å². The van der Waals surface area contributed by atoms with E-state index in [9.17, 15) is 9.90 Å². The molecule has 0 saturated carbocycles. The van der Waals surface area contributed by atoms with Crippen LogP contribution in [0, 0.1) is 0 Å². The number of carbonyl (C=O) groups excluding carboxylic acids is 1. The third kappa shape index (κ3) is 2.05. The van der Waals surface area contributed by atoms with Gasteiger partial charge >= 0.3 is 0 Å². The van der Waals surface area contributed by atoms with E-state index in [1.165, 1.54) is 13.2 Å². The summed E-state index contributed by atoms with van der Waals surface area (Å²) in [7, 11) is 1.53. The number of methoxy groups -OCH3 is 1. The Labute approximate surface area is 83.3 Å². The van der Waals surface area contributed by atoms with Crippen molar-refractivity contribution in [3.63, 3.8) is 0 Å². The molecule has 0 aromatic heterocycles. The van der Waals surface area contributed by atoms with Gasteiger partial charge < -0.3 is 9.84 Å². The van der Waals surface area contributed by atoms with Crippen molar-refractivity contribution in [3.05, 3.63) is 23.3 Å². The maximum atomic E-state index is 10.7. The molecule has 1 aromatic rings. The number of phenols is 1. The normalized spacial score (nSPS) is 9.86. The predicted octanol–water partition coefficient (Wildman–Crippen LogP) is 2.17. The zero-order chi connectivity index (χ0) is 10.6. The molecule has 14 heavy (non-hydrogen) atoms. The summed E-state index contributed by atoms with van der Waals surface area (Å²) in [6, 6.07) is 3.23. The third-order valence-corrected chi connectivity index (χ3v) is 2.09. The molecule has 0 aliphatic heterocycles. The number of hydrogen-bond donors (Lipinski definition) is 1. The lowest BCUT2D eigenvalue weighted by molar-refractivity contribution is 0.112. The first-order valence-electron chi connectivity index (χ1n) is 4.58. The monoisotopic (exact) mass is 194 g/mol. The molecule has 0 amide bonds. The van der Waals surface area contributed by atoms with Crippen LogP contribution in [-0.4, -0.2) is 18.5 Å². The summed E-state index contributed by atoms with van der Waals surface area (Å²) in [5, 5.41) is 9.52. The predicted molar refractivity (Wildman–Crippen MR) is 54.0 cm³/mol. The van der Waals surface area contributed by atoms with E-state index in [0.29, 0.717) is 17.6 Å². The molecule has 1 N–H and O–H groups in total. The molecule has 0 atom stereocenters. The molecule has 0 fully saturated rings. The summed E-state index contributed by atoms with van der Waals surface area (Å²) in [6.07, 6.45) is 2.37. The van der Waals surface area contributed by atoms with E-state index in [0.717, 1.165) is 18.4 Å².